The molecule has 0 aliphatic carbocycles. The third-order valence-electron chi connectivity index (χ3n) is 2.26. The number of nitrogens with one attached hydrogen (secondary N) is 1. The molecule has 1 heterocycles. The maximum atomic E-state index is 5.84. The number of halogens is 1. The standard InChI is InChI=1S/C13H14ClN3S/c1-2-15-13-16-7-10(8-17-13)9-18-12-5-3-11(14)4-6-12/h3-8H,2,9H2,1H3,(H,15,16,17). The Morgan fingerprint density at radius 2 is 1.83 bits per heavy atom. The Bertz CT molecular complexity index is 485. The first-order chi connectivity index (χ1) is 8.78. The highest BCUT2D eigenvalue weighted by atomic mass is 35.5. The summed E-state index contributed by atoms with van der Waals surface area (Å²) >= 11 is 7.58. The lowest BCUT2D eigenvalue weighted by Gasteiger charge is -2.03. The van der Waals surface area contributed by atoms with Crippen LogP contribution in [0.5, 0.6) is 0 Å². The van der Waals surface area contributed by atoms with Gasteiger partial charge in [-0.15, -0.1) is 11.8 Å². The summed E-state index contributed by atoms with van der Waals surface area (Å²) in [4.78, 5) is 9.67. The molecule has 0 fully saturated rings. The van der Waals surface area contributed by atoms with Crippen LogP contribution < -0.4 is 5.32 Å². The van der Waals surface area contributed by atoms with E-state index in [4.69, 9.17) is 11.6 Å². The predicted octanol–water partition coefficient (Wildman–Crippen LogP) is 3.85. The zero-order valence-electron chi connectivity index (χ0n) is 10.1. The van der Waals surface area contributed by atoms with Crippen molar-refractivity contribution < 1.29 is 0 Å². The monoisotopic (exact) mass is 279 g/mol. The van der Waals surface area contributed by atoms with Crippen molar-refractivity contribution >= 4 is 29.3 Å². The Morgan fingerprint density at radius 3 is 2.44 bits per heavy atom. The van der Waals surface area contributed by atoms with Gasteiger partial charge in [-0.05, 0) is 36.8 Å². The molecule has 0 radical (unpaired) electrons. The molecule has 0 unspecified atom stereocenters. The number of benzene rings is 1. The highest BCUT2D eigenvalue weighted by Crippen LogP contribution is 2.23. The number of hydrogen-bond acceptors (Lipinski definition) is 4. The summed E-state index contributed by atoms with van der Waals surface area (Å²) in [6.45, 7) is 2.85. The van der Waals surface area contributed by atoms with E-state index in [0.29, 0.717) is 5.95 Å². The van der Waals surface area contributed by atoms with E-state index in [2.05, 4.69) is 15.3 Å². The highest BCUT2D eigenvalue weighted by Gasteiger charge is 1.99. The molecule has 2 aromatic rings. The van der Waals surface area contributed by atoms with Crippen LogP contribution >= 0.6 is 23.4 Å². The molecule has 1 N–H and O–H groups in total. The van der Waals surface area contributed by atoms with E-state index in [1.165, 1.54) is 4.90 Å². The summed E-state index contributed by atoms with van der Waals surface area (Å²) in [6.07, 6.45) is 3.71. The molecule has 2 rings (SSSR count). The fraction of sp³-hybridized carbons (Fsp3) is 0.231. The average molecular weight is 280 g/mol. The van der Waals surface area contributed by atoms with Gasteiger partial charge in [0.2, 0.25) is 5.95 Å². The largest absolute Gasteiger partial charge is 0.355 e. The van der Waals surface area contributed by atoms with Crippen molar-refractivity contribution in [1.29, 1.82) is 0 Å². The van der Waals surface area contributed by atoms with Crippen LogP contribution in [-0.2, 0) is 5.75 Å². The molecule has 3 nitrogen and oxygen atoms in total. The molecule has 0 aliphatic heterocycles. The van der Waals surface area contributed by atoms with Crippen molar-refractivity contribution in [3.63, 3.8) is 0 Å². The molecule has 0 spiro atoms. The fourth-order valence-electron chi connectivity index (χ4n) is 1.38. The van der Waals surface area contributed by atoms with E-state index in [-0.39, 0.29) is 0 Å². The Morgan fingerprint density at radius 1 is 1.17 bits per heavy atom. The number of aromatic nitrogens is 2. The Hall–Kier alpha value is -1.26. The van der Waals surface area contributed by atoms with Gasteiger partial charge in [0.25, 0.3) is 0 Å². The van der Waals surface area contributed by atoms with Gasteiger partial charge in [-0.25, -0.2) is 9.97 Å². The summed E-state index contributed by atoms with van der Waals surface area (Å²) in [7, 11) is 0. The minimum atomic E-state index is 0.678. The van der Waals surface area contributed by atoms with Crippen LogP contribution in [0.2, 0.25) is 5.02 Å². The summed E-state index contributed by atoms with van der Waals surface area (Å²) in [5.74, 6) is 1.53. The van der Waals surface area contributed by atoms with Crippen LogP contribution in [-0.4, -0.2) is 16.5 Å². The summed E-state index contributed by atoms with van der Waals surface area (Å²) in [5, 5.41) is 3.83. The molecule has 5 heteroatoms. The van der Waals surface area contributed by atoms with Crippen molar-refractivity contribution in [3.05, 3.63) is 47.2 Å². The average Bonchev–Trinajstić information content (AvgIpc) is 2.40. The van der Waals surface area contributed by atoms with Crippen LogP contribution in [0, 0.1) is 0 Å². The number of thioether (sulfide) groups is 1. The minimum Gasteiger partial charge on any atom is -0.355 e. The first-order valence-corrected chi connectivity index (χ1v) is 7.07. The lowest BCUT2D eigenvalue weighted by atomic mass is 10.4. The normalized spacial score (nSPS) is 10.3. The molecule has 0 amide bonds. The van der Waals surface area contributed by atoms with E-state index >= 15 is 0 Å². The third kappa shape index (κ3) is 3.89. The van der Waals surface area contributed by atoms with Gasteiger partial charge >= 0.3 is 0 Å². The van der Waals surface area contributed by atoms with E-state index in [1.807, 2.05) is 43.6 Å². The fourth-order valence-corrected chi connectivity index (χ4v) is 2.31. The lowest BCUT2D eigenvalue weighted by molar-refractivity contribution is 1.06. The first-order valence-electron chi connectivity index (χ1n) is 5.71. The second kappa shape index (κ2) is 6.61. The molecular weight excluding hydrogens is 266 g/mol. The van der Waals surface area contributed by atoms with E-state index in [0.717, 1.165) is 22.9 Å². The van der Waals surface area contributed by atoms with Gasteiger partial charge in [-0.2, -0.15) is 0 Å². The molecule has 0 saturated heterocycles. The van der Waals surface area contributed by atoms with Crippen molar-refractivity contribution in [2.75, 3.05) is 11.9 Å². The van der Waals surface area contributed by atoms with Crippen molar-refractivity contribution in [3.8, 4) is 0 Å². The number of rotatable bonds is 5. The van der Waals surface area contributed by atoms with Gasteiger partial charge in [-0.1, -0.05) is 11.6 Å². The third-order valence-corrected chi connectivity index (χ3v) is 3.59. The molecule has 0 aliphatic rings. The molecule has 0 saturated carbocycles. The van der Waals surface area contributed by atoms with Crippen LogP contribution in [0.1, 0.15) is 12.5 Å². The minimum absolute atomic E-state index is 0.678. The molecular formula is C13H14ClN3S. The quantitative estimate of drug-likeness (QED) is 0.844. The molecule has 1 aromatic carbocycles. The van der Waals surface area contributed by atoms with Gasteiger partial charge in [0.1, 0.15) is 0 Å². The van der Waals surface area contributed by atoms with Crippen molar-refractivity contribution in [2.24, 2.45) is 0 Å². The SMILES string of the molecule is CCNc1ncc(CSc2ccc(Cl)cc2)cn1. The highest BCUT2D eigenvalue weighted by molar-refractivity contribution is 7.98. The van der Waals surface area contributed by atoms with Gasteiger partial charge in [0.15, 0.2) is 0 Å². The lowest BCUT2D eigenvalue weighted by Crippen LogP contribution is -2.01. The van der Waals surface area contributed by atoms with Gasteiger partial charge in [0, 0.05) is 34.6 Å². The topological polar surface area (TPSA) is 37.8 Å². The molecule has 18 heavy (non-hydrogen) atoms. The second-order valence-corrected chi connectivity index (χ2v) is 5.17. The van der Waals surface area contributed by atoms with E-state index in [9.17, 15) is 0 Å². The van der Waals surface area contributed by atoms with Gasteiger partial charge < -0.3 is 5.32 Å². The number of anilines is 1. The molecule has 0 bridgehead atoms. The number of hydrogen-bond donors (Lipinski definition) is 1. The van der Waals surface area contributed by atoms with Crippen molar-refractivity contribution in [2.45, 2.75) is 17.6 Å². The smallest absolute Gasteiger partial charge is 0.222 e. The van der Waals surface area contributed by atoms with Crippen LogP contribution in [0.3, 0.4) is 0 Å². The Balaban J connectivity index is 1.91. The Kier molecular flexibility index (Phi) is 4.84. The van der Waals surface area contributed by atoms with Crippen LogP contribution in [0.25, 0.3) is 0 Å². The predicted molar refractivity (Wildman–Crippen MR) is 77.2 cm³/mol. The zero-order chi connectivity index (χ0) is 12.8. The summed E-state index contributed by atoms with van der Waals surface area (Å²) < 4.78 is 0. The van der Waals surface area contributed by atoms with Gasteiger partial charge in [0.05, 0.1) is 0 Å². The summed E-state index contributed by atoms with van der Waals surface area (Å²) in [6, 6.07) is 7.82. The number of nitrogens with zero attached hydrogens (tertiary/aromatic N) is 2. The molecule has 0 atom stereocenters. The maximum Gasteiger partial charge on any atom is 0.222 e. The van der Waals surface area contributed by atoms with Crippen LogP contribution in [0.4, 0.5) is 5.95 Å². The molecule has 94 valence electrons. The van der Waals surface area contributed by atoms with Gasteiger partial charge in [-0.3, -0.25) is 0 Å². The summed E-state index contributed by atoms with van der Waals surface area (Å²) in [5.41, 5.74) is 1.11. The zero-order valence-corrected chi connectivity index (χ0v) is 11.6. The maximum absolute atomic E-state index is 5.84. The van der Waals surface area contributed by atoms with E-state index < -0.39 is 0 Å². The first kappa shape index (κ1) is 13.2. The molecule has 1 aromatic heterocycles. The van der Waals surface area contributed by atoms with E-state index in [1.54, 1.807) is 11.8 Å². The second-order valence-electron chi connectivity index (χ2n) is 3.69. The van der Waals surface area contributed by atoms with Crippen molar-refractivity contribution in [1.82, 2.24) is 9.97 Å². The Labute approximate surface area is 116 Å². The van der Waals surface area contributed by atoms with Crippen LogP contribution in [0.15, 0.2) is 41.6 Å².